The fraction of sp³-hybridized carbons (Fsp3) is 0.421. The summed E-state index contributed by atoms with van der Waals surface area (Å²) in [7, 11) is 0. The third kappa shape index (κ3) is 6.23. The van der Waals surface area contributed by atoms with Crippen LogP contribution in [0.4, 0.5) is 5.69 Å². The number of hydrogen-bond acceptors (Lipinski definition) is 3. The highest BCUT2D eigenvalue weighted by Gasteiger charge is 2.21. The molecule has 0 bridgehead atoms. The van der Waals surface area contributed by atoms with E-state index in [1.165, 1.54) is 0 Å². The van der Waals surface area contributed by atoms with E-state index in [-0.39, 0.29) is 29.9 Å². The van der Waals surface area contributed by atoms with E-state index in [0.717, 1.165) is 49.8 Å². The maximum atomic E-state index is 11.8. The van der Waals surface area contributed by atoms with Gasteiger partial charge >= 0.3 is 0 Å². The van der Waals surface area contributed by atoms with E-state index in [9.17, 15) is 4.79 Å². The topological polar surface area (TPSA) is 74.6 Å². The molecule has 0 aliphatic carbocycles. The van der Waals surface area contributed by atoms with Crippen molar-refractivity contribution in [1.29, 1.82) is 0 Å². The van der Waals surface area contributed by atoms with Crippen molar-refractivity contribution in [2.45, 2.75) is 32.9 Å². The average molecular weight is 482 g/mol. The van der Waals surface area contributed by atoms with Crippen molar-refractivity contribution in [3.05, 3.63) is 48.3 Å². The van der Waals surface area contributed by atoms with Gasteiger partial charge in [-0.05, 0) is 37.1 Å². The number of nitrogens with zero attached hydrogens (tertiary/aromatic N) is 4. The summed E-state index contributed by atoms with van der Waals surface area (Å²) in [4.78, 5) is 18.3. The molecule has 1 aliphatic heterocycles. The Morgan fingerprint density at radius 2 is 2.07 bits per heavy atom. The van der Waals surface area contributed by atoms with Crippen LogP contribution in [0, 0.1) is 0 Å². The standard InChI is InChI=1S/C19H26N6O.HI/c1-2-20-19(21-11-14-24-12-4-10-23-24)22-15-16-6-8-17(9-7-16)25-13-3-5-18(25)26;/h4,6-10,12H,2-3,5,11,13-15H2,1H3,(H2,20,21,22);1H. The lowest BCUT2D eigenvalue weighted by atomic mass is 10.2. The monoisotopic (exact) mass is 482 g/mol. The van der Waals surface area contributed by atoms with Crippen molar-refractivity contribution in [3.63, 3.8) is 0 Å². The number of hydrogen-bond donors (Lipinski definition) is 2. The van der Waals surface area contributed by atoms with Crippen molar-refractivity contribution in [1.82, 2.24) is 20.4 Å². The lowest BCUT2D eigenvalue weighted by Gasteiger charge is -2.16. The minimum absolute atomic E-state index is 0. The van der Waals surface area contributed by atoms with Crippen LogP contribution in [0.3, 0.4) is 0 Å². The minimum Gasteiger partial charge on any atom is -0.357 e. The van der Waals surface area contributed by atoms with Crippen molar-refractivity contribution in [2.24, 2.45) is 4.99 Å². The summed E-state index contributed by atoms with van der Waals surface area (Å²) in [5.41, 5.74) is 2.09. The number of carbonyl (C=O) groups is 1. The van der Waals surface area contributed by atoms with Gasteiger partial charge in [-0.2, -0.15) is 5.10 Å². The summed E-state index contributed by atoms with van der Waals surface area (Å²) >= 11 is 0. The zero-order valence-corrected chi connectivity index (χ0v) is 17.9. The van der Waals surface area contributed by atoms with E-state index >= 15 is 0 Å². The lowest BCUT2D eigenvalue weighted by Crippen LogP contribution is -2.38. The van der Waals surface area contributed by atoms with E-state index in [4.69, 9.17) is 0 Å². The molecule has 0 atom stereocenters. The molecular formula is C19H27IN6O. The van der Waals surface area contributed by atoms with Crippen molar-refractivity contribution >= 4 is 41.5 Å². The van der Waals surface area contributed by atoms with Gasteiger partial charge in [0.05, 0.1) is 13.1 Å². The molecule has 1 aliphatic rings. The number of benzene rings is 1. The Hall–Kier alpha value is -2.10. The Kier molecular flexibility index (Phi) is 8.56. The van der Waals surface area contributed by atoms with E-state index in [2.05, 4.69) is 20.7 Å². The molecule has 0 unspecified atom stereocenters. The summed E-state index contributed by atoms with van der Waals surface area (Å²) in [6, 6.07) is 10.0. The maximum absolute atomic E-state index is 11.8. The van der Waals surface area contributed by atoms with Gasteiger partial charge in [-0.1, -0.05) is 12.1 Å². The van der Waals surface area contributed by atoms with Crippen LogP contribution >= 0.6 is 24.0 Å². The Balaban J connectivity index is 0.00000261. The predicted octanol–water partition coefficient (Wildman–Crippen LogP) is 2.38. The Bertz CT molecular complexity index is 729. The number of guanidine groups is 1. The van der Waals surface area contributed by atoms with Crippen LogP contribution in [0.25, 0.3) is 0 Å². The maximum Gasteiger partial charge on any atom is 0.227 e. The Morgan fingerprint density at radius 1 is 1.26 bits per heavy atom. The van der Waals surface area contributed by atoms with Gasteiger partial charge in [0.25, 0.3) is 0 Å². The fourth-order valence-electron chi connectivity index (χ4n) is 2.94. The van der Waals surface area contributed by atoms with E-state index < -0.39 is 0 Å². The second kappa shape index (κ2) is 10.9. The molecule has 0 saturated carbocycles. The van der Waals surface area contributed by atoms with Gasteiger partial charge in [0.15, 0.2) is 5.96 Å². The van der Waals surface area contributed by atoms with Crippen LogP contribution in [-0.4, -0.2) is 41.3 Å². The molecule has 7 nitrogen and oxygen atoms in total. The molecule has 146 valence electrons. The quantitative estimate of drug-likeness (QED) is 0.361. The molecule has 1 saturated heterocycles. The molecule has 0 radical (unpaired) electrons. The molecule has 1 aromatic heterocycles. The number of halogens is 1. The van der Waals surface area contributed by atoms with Gasteiger partial charge in [-0.15, -0.1) is 24.0 Å². The SMILES string of the molecule is CCNC(=NCc1ccc(N2CCCC2=O)cc1)NCCn1cccn1.I. The van der Waals surface area contributed by atoms with Gasteiger partial charge in [0, 0.05) is 44.1 Å². The smallest absolute Gasteiger partial charge is 0.227 e. The van der Waals surface area contributed by atoms with Gasteiger partial charge in [0.2, 0.25) is 5.91 Å². The molecule has 0 spiro atoms. The summed E-state index contributed by atoms with van der Waals surface area (Å²) in [6.07, 6.45) is 5.32. The Morgan fingerprint density at radius 3 is 2.70 bits per heavy atom. The van der Waals surface area contributed by atoms with E-state index in [1.54, 1.807) is 6.20 Å². The van der Waals surface area contributed by atoms with Crippen LogP contribution < -0.4 is 15.5 Å². The molecule has 1 amide bonds. The number of anilines is 1. The first-order chi connectivity index (χ1) is 12.8. The first kappa shape index (κ1) is 21.2. The molecule has 1 aromatic carbocycles. The normalized spacial score (nSPS) is 14.2. The number of carbonyl (C=O) groups excluding carboxylic acids is 1. The van der Waals surface area contributed by atoms with Gasteiger partial charge in [0.1, 0.15) is 0 Å². The zero-order chi connectivity index (χ0) is 18.2. The minimum atomic E-state index is 0. The molecule has 3 rings (SSSR count). The number of amides is 1. The predicted molar refractivity (Wildman–Crippen MR) is 118 cm³/mol. The van der Waals surface area contributed by atoms with Gasteiger partial charge in [-0.25, -0.2) is 4.99 Å². The summed E-state index contributed by atoms with van der Waals surface area (Å²) < 4.78 is 1.88. The third-order valence-electron chi connectivity index (χ3n) is 4.28. The van der Waals surface area contributed by atoms with Crippen LogP contribution in [0.5, 0.6) is 0 Å². The molecule has 27 heavy (non-hydrogen) atoms. The highest BCUT2D eigenvalue weighted by Crippen LogP contribution is 2.21. The van der Waals surface area contributed by atoms with Crippen LogP contribution in [-0.2, 0) is 17.9 Å². The largest absolute Gasteiger partial charge is 0.357 e. The van der Waals surface area contributed by atoms with Gasteiger partial charge < -0.3 is 15.5 Å². The second-order valence-corrected chi connectivity index (χ2v) is 6.21. The first-order valence-electron chi connectivity index (χ1n) is 9.15. The van der Waals surface area contributed by atoms with Crippen LogP contribution in [0.15, 0.2) is 47.7 Å². The molecule has 1 fully saturated rings. The van der Waals surface area contributed by atoms with Crippen LogP contribution in [0.1, 0.15) is 25.3 Å². The summed E-state index contributed by atoms with van der Waals surface area (Å²) in [5.74, 6) is 1.00. The summed E-state index contributed by atoms with van der Waals surface area (Å²) in [6.45, 7) is 5.81. The number of nitrogens with one attached hydrogen (secondary N) is 2. The highest BCUT2D eigenvalue weighted by molar-refractivity contribution is 14.0. The van der Waals surface area contributed by atoms with Crippen LogP contribution in [0.2, 0.25) is 0 Å². The summed E-state index contributed by atoms with van der Waals surface area (Å²) in [5, 5.41) is 10.8. The number of aromatic nitrogens is 2. The first-order valence-corrected chi connectivity index (χ1v) is 9.15. The van der Waals surface area contributed by atoms with Gasteiger partial charge in [-0.3, -0.25) is 9.48 Å². The molecular weight excluding hydrogens is 455 g/mol. The molecule has 2 aromatic rings. The Labute approximate surface area is 177 Å². The van der Waals surface area contributed by atoms with Crippen molar-refractivity contribution < 1.29 is 4.79 Å². The fourth-order valence-corrected chi connectivity index (χ4v) is 2.94. The number of aliphatic imine (C=N–C) groups is 1. The second-order valence-electron chi connectivity index (χ2n) is 6.21. The zero-order valence-electron chi connectivity index (χ0n) is 15.6. The number of rotatable bonds is 7. The highest BCUT2D eigenvalue weighted by atomic mass is 127. The molecule has 2 heterocycles. The molecule has 8 heteroatoms. The average Bonchev–Trinajstić information content (AvgIpc) is 3.32. The van der Waals surface area contributed by atoms with E-state index in [0.29, 0.717) is 13.0 Å². The molecule has 2 N–H and O–H groups in total. The van der Waals surface area contributed by atoms with Crippen molar-refractivity contribution in [2.75, 3.05) is 24.5 Å². The van der Waals surface area contributed by atoms with Crippen molar-refractivity contribution in [3.8, 4) is 0 Å². The lowest BCUT2D eigenvalue weighted by molar-refractivity contribution is -0.117. The van der Waals surface area contributed by atoms with E-state index in [1.807, 2.05) is 53.0 Å². The third-order valence-corrected chi connectivity index (χ3v) is 4.28.